The van der Waals surface area contributed by atoms with Crippen LogP contribution in [0.2, 0.25) is 12.6 Å². The SMILES string of the molecule is CCC[Si](C)(O)c1ccc(OCOC)cc1. The molecule has 0 saturated carbocycles. The maximum Gasteiger partial charge on any atom is 0.216 e. The number of ether oxygens (including phenoxy) is 2. The fourth-order valence-corrected chi connectivity index (χ4v) is 3.82. The van der Waals surface area contributed by atoms with Crippen LogP contribution in [-0.2, 0) is 4.74 Å². The Morgan fingerprint density at radius 3 is 2.38 bits per heavy atom. The van der Waals surface area contributed by atoms with Gasteiger partial charge in [0.1, 0.15) is 5.75 Å². The summed E-state index contributed by atoms with van der Waals surface area (Å²) in [5.74, 6) is 0.770. The Kier molecular flexibility index (Phi) is 4.98. The third-order valence-electron chi connectivity index (χ3n) is 2.56. The number of methoxy groups -OCH3 is 1. The highest BCUT2D eigenvalue weighted by Gasteiger charge is 2.25. The second-order valence-electron chi connectivity index (χ2n) is 4.10. The fourth-order valence-electron chi connectivity index (χ4n) is 1.67. The van der Waals surface area contributed by atoms with Crippen molar-refractivity contribution in [1.29, 1.82) is 0 Å². The molecule has 0 aliphatic carbocycles. The first-order valence-corrected chi connectivity index (χ1v) is 8.20. The van der Waals surface area contributed by atoms with Crippen molar-refractivity contribution in [2.75, 3.05) is 13.9 Å². The quantitative estimate of drug-likeness (QED) is 0.609. The van der Waals surface area contributed by atoms with Gasteiger partial charge in [-0.3, -0.25) is 0 Å². The minimum absolute atomic E-state index is 0.252. The van der Waals surface area contributed by atoms with Gasteiger partial charge in [-0.05, 0) is 29.9 Å². The summed E-state index contributed by atoms with van der Waals surface area (Å²) in [6, 6.07) is 8.56. The first-order valence-electron chi connectivity index (χ1n) is 5.55. The van der Waals surface area contributed by atoms with Crippen LogP contribution in [0.5, 0.6) is 5.75 Å². The highest BCUT2D eigenvalue weighted by molar-refractivity contribution is 6.84. The Hall–Kier alpha value is -0.843. The highest BCUT2D eigenvalue weighted by Crippen LogP contribution is 2.13. The summed E-state index contributed by atoms with van der Waals surface area (Å²) in [6.45, 7) is 4.32. The summed E-state index contributed by atoms with van der Waals surface area (Å²) in [5.41, 5.74) is 0. The van der Waals surface area contributed by atoms with Gasteiger partial charge in [-0.25, -0.2) is 0 Å². The van der Waals surface area contributed by atoms with Crippen molar-refractivity contribution >= 4 is 13.5 Å². The third-order valence-corrected chi connectivity index (χ3v) is 5.61. The molecule has 4 heteroatoms. The lowest BCUT2D eigenvalue weighted by Crippen LogP contribution is -2.44. The molecule has 1 rings (SSSR count). The van der Waals surface area contributed by atoms with E-state index in [1.54, 1.807) is 7.11 Å². The van der Waals surface area contributed by atoms with Crippen LogP contribution >= 0.6 is 0 Å². The first-order chi connectivity index (χ1) is 7.60. The van der Waals surface area contributed by atoms with Gasteiger partial charge >= 0.3 is 0 Å². The summed E-state index contributed by atoms with van der Waals surface area (Å²) in [4.78, 5) is 10.3. The molecule has 0 amide bonds. The number of hydrogen-bond acceptors (Lipinski definition) is 3. The summed E-state index contributed by atoms with van der Waals surface area (Å²) < 4.78 is 10.1. The van der Waals surface area contributed by atoms with Crippen molar-refractivity contribution in [2.24, 2.45) is 0 Å². The number of hydrogen-bond donors (Lipinski definition) is 1. The molecular weight excluding hydrogens is 220 g/mol. The molecule has 0 heterocycles. The molecule has 0 bridgehead atoms. The van der Waals surface area contributed by atoms with Gasteiger partial charge in [0, 0.05) is 7.11 Å². The molecule has 16 heavy (non-hydrogen) atoms. The molecule has 1 atom stereocenters. The van der Waals surface area contributed by atoms with Gasteiger partial charge in [-0.1, -0.05) is 25.5 Å². The van der Waals surface area contributed by atoms with E-state index >= 15 is 0 Å². The molecule has 1 aromatic rings. The fraction of sp³-hybridized carbons (Fsp3) is 0.500. The zero-order valence-electron chi connectivity index (χ0n) is 10.2. The molecule has 3 nitrogen and oxygen atoms in total. The van der Waals surface area contributed by atoms with Gasteiger partial charge in [0.25, 0.3) is 0 Å². The highest BCUT2D eigenvalue weighted by atomic mass is 28.4. The molecule has 90 valence electrons. The smallest absolute Gasteiger partial charge is 0.216 e. The second kappa shape index (κ2) is 6.03. The summed E-state index contributed by atoms with van der Waals surface area (Å²) >= 11 is 0. The van der Waals surface area contributed by atoms with E-state index in [4.69, 9.17) is 9.47 Å². The van der Waals surface area contributed by atoms with Crippen LogP contribution < -0.4 is 9.92 Å². The van der Waals surface area contributed by atoms with Crippen LogP contribution in [0.1, 0.15) is 13.3 Å². The monoisotopic (exact) mass is 240 g/mol. The molecule has 0 fully saturated rings. The van der Waals surface area contributed by atoms with E-state index in [1.165, 1.54) is 0 Å². The van der Waals surface area contributed by atoms with Gasteiger partial charge in [0.2, 0.25) is 8.32 Å². The Bertz CT molecular complexity index is 309. The average Bonchev–Trinajstić information content (AvgIpc) is 2.27. The topological polar surface area (TPSA) is 38.7 Å². The molecular formula is C12H20O3Si. The molecule has 1 N–H and O–H groups in total. The van der Waals surface area contributed by atoms with Crippen molar-refractivity contribution in [3.8, 4) is 5.75 Å². The Balaban J connectivity index is 2.70. The predicted octanol–water partition coefficient (Wildman–Crippen LogP) is 1.85. The Morgan fingerprint density at radius 1 is 1.25 bits per heavy atom. The summed E-state index contributed by atoms with van der Waals surface area (Å²) in [6.07, 6.45) is 1.02. The van der Waals surface area contributed by atoms with E-state index in [2.05, 4.69) is 6.92 Å². The van der Waals surface area contributed by atoms with Crippen molar-refractivity contribution in [3.63, 3.8) is 0 Å². The Morgan fingerprint density at radius 2 is 1.88 bits per heavy atom. The van der Waals surface area contributed by atoms with Crippen molar-refractivity contribution in [3.05, 3.63) is 24.3 Å². The lowest BCUT2D eigenvalue weighted by molar-refractivity contribution is 0.0511. The predicted molar refractivity (Wildman–Crippen MR) is 67.5 cm³/mol. The molecule has 0 spiro atoms. The van der Waals surface area contributed by atoms with Gasteiger partial charge in [-0.15, -0.1) is 0 Å². The summed E-state index contributed by atoms with van der Waals surface area (Å²) in [7, 11) is -0.630. The summed E-state index contributed by atoms with van der Waals surface area (Å²) in [5, 5.41) is 1.05. The number of rotatable bonds is 6. The van der Waals surface area contributed by atoms with Gasteiger partial charge in [0.05, 0.1) is 0 Å². The van der Waals surface area contributed by atoms with Crippen molar-refractivity contribution < 1.29 is 14.3 Å². The van der Waals surface area contributed by atoms with Crippen LogP contribution in [0.25, 0.3) is 0 Å². The zero-order chi connectivity index (χ0) is 12.0. The van der Waals surface area contributed by atoms with Gasteiger partial charge in [0.15, 0.2) is 6.79 Å². The standard InChI is InChI=1S/C12H20O3Si/c1-4-9-16(3,13)12-7-5-11(6-8-12)15-10-14-2/h5-8,13H,4,9-10H2,1-3H3. The van der Waals surface area contributed by atoms with Crippen LogP contribution in [0.4, 0.5) is 0 Å². The van der Waals surface area contributed by atoms with E-state index in [-0.39, 0.29) is 6.79 Å². The first kappa shape index (κ1) is 13.2. The van der Waals surface area contributed by atoms with E-state index in [0.717, 1.165) is 23.4 Å². The van der Waals surface area contributed by atoms with Crippen molar-refractivity contribution in [1.82, 2.24) is 0 Å². The molecule has 0 saturated heterocycles. The molecule has 0 aliphatic rings. The third kappa shape index (κ3) is 3.63. The molecule has 1 unspecified atom stereocenters. The largest absolute Gasteiger partial charge is 0.468 e. The zero-order valence-corrected chi connectivity index (χ0v) is 11.2. The molecule has 0 radical (unpaired) electrons. The average molecular weight is 240 g/mol. The van der Waals surface area contributed by atoms with Gasteiger partial charge in [-0.2, -0.15) is 0 Å². The second-order valence-corrected chi connectivity index (χ2v) is 7.72. The van der Waals surface area contributed by atoms with E-state index in [1.807, 2.05) is 30.8 Å². The van der Waals surface area contributed by atoms with Gasteiger partial charge < -0.3 is 14.3 Å². The maximum atomic E-state index is 10.3. The van der Waals surface area contributed by atoms with E-state index in [0.29, 0.717) is 0 Å². The van der Waals surface area contributed by atoms with E-state index < -0.39 is 8.32 Å². The molecule has 0 aromatic heterocycles. The minimum Gasteiger partial charge on any atom is -0.468 e. The lowest BCUT2D eigenvalue weighted by Gasteiger charge is -2.20. The van der Waals surface area contributed by atoms with Crippen LogP contribution in [-0.4, -0.2) is 27.0 Å². The van der Waals surface area contributed by atoms with Crippen LogP contribution in [0, 0.1) is 0 Å². The van der Waals surface area contributed by atoms with E-state index in [9.17, 15) is 4.80 Å². The molecule has 0 aliphatic heterocycles. The maximum absolute atomic E-state index is 10.3. The number of benzene rings is 1. The van der Waals surface area contributed by atoms with Crippen LogP contribution in [0.15, 0.2) is 24.3 Å². The minimum atomic E-state index is -2.22. The lowest BCUT2D eigenvalue weighted by atomic mass is 10.3. The Labute approximate surface area is 98.1 Å². The molecule has 1 aromatic carbocycles. The van der Waals surface area contributed by atoms with Crippen molar-refractivity contribution in [2.45, 2.75) is 25.9 Å². The van der Waals surface area contributed by atoms with Crippen LogP contribution in [0.3, 0.4) is 0 Å². The normalized spacial score (nSPS) is 14.5.